The van der Waals surface area contributed by atoms with E-state index in [-0.39, 0.29) is 25.6 Å². The Morgan fingerprint density at radius 3 is 1.07 bits per heavy atom. The van der Waals surface area contributed by atoms with Crippen LogP contribution in [0.15, 0.2) is 0 Å². The number of unbranched alkanes of at least 4 members (excludes halogenated alkanes) is 46. The molecule has 0 aromatic rings. The largest absolute Gasteiger partial charge is 0.457 e. The average Bonchev–Trinajstić information content (AvgIpc) is 3.39. The summed E-state index contributed by atoms with van der Waals surface area (Å²) in [5.74, 6) is -0.387. The van der Waals surface area contributed by atoms with Gasteiger partial charge in [0.05, 0.1) is 19.8 Å². The normalized spacial score (nSPS) is 18.5. The van der Waals surface area contributed by atoms with E-state index in [0.717, 1.165) is 38.5 Å². The number of aliphatic hydroxyl groups excluding tert-OH is 3. The minimum absolute atomic E-state index is 0.0460. The summed E-state index contributed by atoms with van der Waals surface area (Å²) in [6.45, 7) is 4.10. The number of rotatable bonds is 59. The highest BCUT2D eigenvalue weighted by Gasteiger charge is 2.48. The molecule has 0 saturated carbocycles. The highest BCUT2D eigenvalue weighted by Crippen LogP contribution is 2.26. The zero-order chi connectivity index (χ0) is 54.6. The number of carbonyl (C=O) groups is 1. The van der Waals surface area contributed by atoms with Crippen LogP contribution in [-0.2, 0) is 38.3 Å². The molecule has 75 heavy (non-hydrogen) atoms. The van der Waals surface area contributed by atoms with Gasteiger partial charge in [-0.1, -0.05) is 309 Å². The number of hydrogen-bond donors (Lipinski definition) is 4. The van der Waals surface area contributed by atoms with E-state index in [9.17, 15) is 33.1 Å². The second kappa shape index (κ2) is 53.7. The molecule has 1 rings (SSSR count). The molecule has 448 valence electrons. The number of ether oxygens (including phenoxy) is 4. The number of hydrogen-bond acceptors (Lipinski definition) is 11. The fourth-order valence-corrected chi connectivity index (χ4v) is 11.1. The van der Waals surface area contributed by atoms with Crippen molar-refractivity contribution in [1.82, 2.24) is 0 Å². The van der Waals surface area contributed by atoms with Crippen LogP contribution in [0.4, 0.5) is 0 Å². The minimum atomic E-state index is -5.06. The van der Waals surface area contributed by atoms with Gasteiger partial charge in [0.2, 0.25) is 0 Å². The Bertz CT molecular complexity index is 1310. The smallest absolute Gasteiger partial charge is 0.397 e. The van der Waals surface area contributed by atoms with Crippen LogP contribution in [0, 0.1) is 0 Å². The van der Waals surface area contributed by atoms with E-state index in [1.54, 1.807) is 0 Å². The van der Waals surface area contributed by atoms with Crippen molar-refractivity contribution in [3.05, 3.63) is 0 Å². The van der Waals surface area contributed by atoms with Crippen molar-refractivity contribution in [1.29, 1.82) is 0 Å². The molecule has 1 heterocycles. The predicted octanol–water partition coefficient (Wildman–Crippen LogP) is 16.7. The molecule has 1 aliphatic rings. The van der Waals surface area contributed by atoms with Crippen LogP contribution in [-0.4, -0.2) is 97.5 Å². The van der Waals surface area contributed by atoms with Crippen molar-refractivity contribution in [2.45, 2.75) is 365 Å². The summed E-state index contributed by atoms with van der Waals surface area (Å²) >= 11 is 0. The molecule has 0 aromatic carbocycles. The summed E-state index contributed by atoms with van der Waals surface area (Å²) in [6, 6.07) is 0. The number of aliphatic hydroxyl groups is 3. The molecule has 1 saturated heterocycles. The highest BCUT2D eigenvalue weighted by atomic mass is 32.3. The van der Waals surface area contributed by atoms with Gasteiger partial charge in [0.1, 0.15) is 30.5 Å². The molecule has 0 spiro atoms. The summed E-state index contributed by atoms with van der Waals surface area (Å²) < 4.78 is 59.6. The summed E-state index contributed by atoms with van der Waals surface area (Å²) in [5, 5.41) is 30.9. The van der Waals surface area contributed by atoms with Gasteiger partial charge in [-0.2, -0.15) is 8.42 Å². The quantitative estimate of drug-likeness (QED) is 0.0258. The van der Waals surface area contributed by atoms with Crippen LogP contribution >= 0.6 is 0 Å². The molecular weight excluding hydrogens is 969 g/mol. The van der Waals surface area contributed by atoms with Gasteiger partial charge < -0.3 is 34.3 Å². The van der Waals surface area contributed by atoms with E-state index >= 15 is 0 Å². The lowest BCUT2D eigenvalue weighted by molar-refractivity contribution is -0.301. The molecular formula is C62H122O12S. The van der Waals surface area contributed by atoms with E-state index in [2.05, 4.69) is 18.0 Å². The maximum absolute atomic E-state index is 13.0. The van der Waals surface area contributed by atoms with Crippen LogP contribution in [0.3, 0.4) is 0 Å². The standard InChI is InChI=1S/C62H122O12S/c1-3-5-7-9-11-13-15-17-19-21-23-25-27-28-29-30-32-34-36-38-40-42-44-46-48-50-52-70-54-56(55-71-62-60(66)61(74-75(67,68)69)59(65)57(53-63)73-62)72-58(64)51-49-47-45-43-41-39-37-35-33-31-26-24-22-20-18-16-14-12-10-8-6-4-2/h56-57,59-63,65-66H,3-55H2,1-2H3,(H,67,68,69). The van der Waals surface area contributed by atoms with Crippen LogP contribution in [0.5, 0.6) is 0 Å². The fraction of sp³-hybridized carbons (Fsp3) is 0.984. The van der Waals surface area contributed by atoms with Gasteiger partial charge in [0.25, 0.3) is 0 Å². The van der Waals surface area contributed by atoms with E-state index in [4.69, 9.17) is 18.9 Å². The zero-order valence-corrected chi connectivity index (χ0v) is 49.7. The van der Waals surface area contributed by atoms with Crippen molar-refractivity contribution >= 4 is 16.4 Å². The lowest BCUT2D eigenvalue weighted by atomic mass is 9.99. The Hall–Kier alpha value is -0.900. The minimum Gasteiger partial charge on any atom is -0.457 e. The monoisotopic (exact) mass is 1090 g/mol. The molecule has 0 bridgehead atoms. The maximum Gasteiger partial charge on any atom is 0.397 e. The molecule has 1 aliphatic heterocycles. The highest BCUT2D eigenvalue weighted by molar-refractivity contribution is 7.80. The third-order valence-electron chi connectivity index (χ3n) is 15.5. The molecule has 6 unspecified atom stereocenters. The molecule has 13 heteroatoms. The van der Waals surface area contributed by atoms with E-state index in [1.165, 1.54) is 263 Å². The third-order valence-corrected chi connectivity index (χ3v) is 15.9. The number of carbonyl (C=O) groups excluding carboxylic acids is 1. The molecule has 4 N–H and O–H groups in total. The van der Waals surface area contributed by atoms with Crippen molar-refractivity contribution in [2.75, 3.05) is 26.4 Å². The predicted molar refractivity (Wildman–Crippen MR) is 308 cm³/mol. The summed E-state index contributed by atoms with van der Waals surface area (Å²) in [4.78, 5) is 13.0. The SMILES string of the molecule is CCCCCCCCCCCCCCCCCCCCCCCCCCCCOCC(COC1OC(CO)C(O)C(OS(=O)(=O)O)C1O)OC(=O)CCCCCCCCCCCCCCCCCCCCCCCC. The second-order valence-electron chi connectivity index (χ2n) is 22.7. The van der Waals surface area contributed by atoms with Gasteiger partial charge in [-0.05, 0) is 12.8 Å². The van der Waals surface area contributed by atoms with Gasteiger partial charge in [0.15, 0.2) is 6.29 Å². The van der Waals surface area contributed by atoms with Crippen LogP contribution in [0.1, 0.15) is 328 Å². The van der Waals surface area contributed by atoms with Crippen LogP contribution in [0.25, 0.3) is 0 Å². The van der Waals surface area contributed by atoms with Crippen molar-refractivity contribution < 1.29 is 56.2 Å². The van der Waals surface area contributed by atoms with Gasteiger partial charge in [-0.25, -0.2) is 4.18 Å². The van der Waals surface area contributed by atoms with E-state index in [1.807, 2.05) is 0 Å². The first-order valence-corrected chi connectivity index (χ1v) is 33.7. The van der Waals surface area contributed by atoms with Crippen molar-refractivity contribution in [2.24, 2.45) is 0 Å². The first-order chi connectivity index (χ1) is 36.6. The second-order valence-corrected chi connectivity index (χ2v) is 23.8. The van der Waals surface area contributed by atoms with Crippen LogP contribution in [0.2, 0.25) is 0 Å². The van der Waals surface area contributed by atoms with Gasteiger partial charge >= 0.3 is 16.4 Å². The Morgan fingerprint density at radius 1 is 0.453 bits per heavy atom. The molecule has 12 nitrogen and oxygen atoms in total. The van der Waals surface area contributed by atoms with Crippen molar-refractivity contribution in [3.63, 3.8) is 0 Å². The molecule has 0 aliphatic carbocycles. The summed E-state index contributed by atoms with van der Waals surface area (Å²) in [5.41, 5.74) is 0. The van der Waals surface area contributed by atoms with E-state index < -0.39 is 53.8 Å². The Labute approximate surface area is 462 Å². The maximum atomic E-state index is 13.0. The van der Waals surface area contributed by atoms with Gasteiger partial charge in [-0.3, -0.25) is 9.35 Å². The Morgan fingerprint density at radius 2 is 0.760 bits per heavy atom. The van der Waals surface area contributed by atoms with Crippen molar-refractivity contribution in [3.8, 4) is 0 Å². The zero-order valence-electron chi connectivity index (χ0n) is 48.9. The summed E-state index contributed by atoms with van der Waals surface area (Å²) in [6.07, 6.45) is 54.5. The number of esters is 1. The van der Waals surface area contributed by atoms with Gasteiger partial charge in [0, 0.05) is 13.0 Å². The molecule has 1 fully saturated rings. The Kier molecular flexibility index (Phi) is 51.7. The molecule has 0 aromatic heterocycles. The first-order valence-electron chi connectivity index (χ1n) is 32.3. The van der Waals surface area contributed by atoms with E-state index in [0.29, 0.717) is 13.0 Å². The molecule has 0 amide bonds. The third kappa shape index (κ3) is 46.5. The molecule has 6 atom stereocenters. The topological polar surface area (TPSA) is 178 Å². The van der Waals surface area contributed by atoms with Crippen LogP contribution < -0.4 is 0 Å². The molecule has 0 radical (unpaired) electrons. The van der Waals surface area contributed by atoms with Gasteiger partial charge in [-0.15, -0.1) is 0 Å². The average molecular weight is 1090 g/mol. The lowest BCUT2D eigenvalue weighted by Gasteiger charge is -2.41. The first kappa shape index (κ1) is 72.1. The fourth-order valence-electron chi connectivity index (χ4n) is 10.6. The summed E-state index contributed by atoms with van der Waals surface area (Å²) in [7, 11) is -5.06. The Balaban J connectivity index is 2.21. The lowest BCUT2D eigenvalue weighted by Crippen LogP contribution is -2.60.